The molecule has 3 nitrogen and oxygen atoms in total. The van der Waals surface area contributed by atoms with Crippen LogP contribution in [0.4, 0.5) is 0 Å². The number of nitrogens with one attached hydrogen (secondary N) is 1. The van der Waals surface area contributed by atoms with Crippen LogP contribution in [-0.2, 0) is 6.54 Å². The minimum atomic E-state index is -0.0827. The maximum atomic E-state index is 6.02. The third kappa shape index (κ3) is 3.65. The summed E-state index contributed by atoms with van der Waals surface area (Å²) < 4.78 is 11.1. The van der Waals surface area contributed by atoms with E-state index < -0.39 is 0 Å². The van der Waals surface area contributed by atoms with Gasteiger partial charge in [0.1, 0.15) is 6.10 Å². The van der Waals surface area contributed by atoms with Crippen LogP contribution in [0.3, 0.4) is 0 Å². The molecule has 4 heteroatoms. The maximum Gasteiger partial charge on any atom is 0.166 e. The molecule has 0 amide bonds. The van der Waals surface area contributed by atoms with Gasteiger partial charge in [0.15, 0.2) is 11.5 Å². The Morgan fingerprint density at radius 3 is 2.76 bits per heavy atom. The Bertz CT molecular complexity index is 393. The molecule has 0 radical (unpaired) electrons. The summed E-state index contributed by atoms with van der Waals surface area (Å²) in [6.07, 6.45) is 1.65. The highest BCUT2D eigenvalue weighted by molar-refractivity contribution is 6.30. The second kappa shape index (κ2) is 6.52. The van der Waals surface area contributed by atoms with E-state index in [-0.39, 0.29) is 6.10 Å². The van der Waals surface area contributed by atoms with Crippen molar-refractivity contribution in [1.29, 1.82) is 0 Å². The molecule has 1 aromatic carbocycles. The lowest BCUT2D eigenvalue weighted by Crippen LogP contribution is -2.13. The van der Waals surface area contributed by atoms with Gasteiger partial charge in [-0.3, -0.25) is 0 Å². The lowest BCUT2D eigenvalue weighted by Gasteiger charge is -2.18. The average Bonchev–Trinajstić information content (AvgIpc) is 2.32. The van der Waals surface area contributed by atoms with Crippen molar-refractivity contribution in [2.24, 2.45) is 0 Å². The van der Waals surface area contributed by atoms with Crippen molar-refractivity contribution in [3.8, 4) is 11.5 Å². The number of hydrogen-bond donors (Lipinski definition) is 1. The summed E-state index contributed by atoms with van der Waals surface area (Å²) in [5.41, 5.74) is 0.963. The molecular formula is C13H18ClNO2. The Labute approximate surface area is 107 Å². The van der Waals surface area contributed by atoms with Crippen LogP contribution in [0, 0.1) is 0 Å². The number of methoxy groups -OCH3 is 1. The molecule has 0 spiro atoms. The third-order valence-corrected chi connectivity index (χ3v) is 2.54. The smallest absolute Gasteiger partial charge is 0.166 e. The van der Waals surface area contributed by atoms with Crippen LogP contribution >= 0.6 is 11.6 Å². The zero-order valence-electron chi connectivity index (χ0n) is 10.4. The second-order valence-electron chi connectivity index (χ2n) is 3.69. The molecule has 17 heavy (non-hydrogen) atoms. The number of benzene rings is 1. The Balaban J connectivity index is 3.15. The molecule has 1 N–H and O–H groups in total. The highest BCUT2D eigenvalue weighted by Crippen LogP contribution is 2.35. The van der Waals surface area contributed by atoms with E-state index in [0.29, 0.717) is 23.1 Å². The second-order valence-corrected chi connectivity index (χ2v) is 4.12. The van der Waals surface area contributed by atoms with Gasteiger partial charge < -0.3 is 14.8 Å². The van der Waals surface area contributed by atoms with Crippen molar-refractivity contribution in [3.63, 3.8) is 0 Å². The minimum Gasteiger partial charge on any atom is -0.493 e. The first kappa shape index (κ1) is 13.9. The standard InChI is InChI=1S/C13H18ClNO2/c1-5-9(2)17-13-10(8-15-3)6-11(14)7-12(13)16-4/h5-7,9,15H,1,8H2,2-4H3. The number of rotatable bonds is 6. The molecule has 0 aromatic heterocycles. The lowest BCUT2D eigenvalue weighted by atomic mass is 10.1. The minimum absolute atomic E-state index is 0.0827. The fourth-order valence-electron chi connectivity index (χ4n) is 1.46. The largest absolute Gasteiger partial charge is 0.493 e. The lowest BCUT2D eigenvalue weighted by molar-refractivity contribution is 0.251. The summed E-state index contributed by atoms with van der Waals surface area (Å²) in [5, 5.41) is 3.70. The van der Waals surface area contributed by atoms with Gasteiger partial charge in [-0.15, -0.1) is 0 Å². The third-order valence-electron chi connectivity index (χ3n) is 2.32. The van der Waals surface area contributed by atoms with Gasteiger partial charge in [0.2, 0.25) is 0 Å². The summed E-state index contributed by atoms with van der Waals surface area (Å²) in [5.74, 6) is 1.34. The van der Waals surface area contributed by atoms with Crippen molar-refractivity contribution in [1.82, 2.24) is 5.32 Å². The van der Waals surface area contributed by atoms with Crippen LogP contribution in [0.15, 0.2) is 24.8 Å². The zero-order valence-corrected chi connectivity index (χ0v) is 11.2. The van der Waals surface area contributed by atoms with Gasteiger partial charge in [-0.05, 0) is 20.0 Å². The summed E-state index contributed by atoms with van der Waals surface area (Å²) in [6, 6.07) is 3.61. The van der Waals surface area contributed by atoms with E-state index >= 15 is 0 Å². The van der Waals surface area contributed by atoms with Crippen LogP contribution in [0.1, 0.15) is 12.5 Å². The topological polar surface area (TPSA) is 30.5 Å². The predicted octanol–water partition coefficient (Wildman–Crippen LogP) is 3.02. The van der Waals surface area contributed by atoms with E-state index in [1.165, 1.54) is 0 Å². The summed E-state index contributed by atoms with van der Waals surface area (Å²) in [6.45, 7) is 6.28. The quantitative estimate of drug-likeness (QED) is 0.793. The Hall–Kier alpha value is -1.19. The summed E-state index contributed by atoms with van der Waals surface area (Å²) >= 11 is 6.02. The van der Waals surface area contributed by atoms with Gasteiger partial charge in [-0.25, -0.2) is 0 Å². The fraction of sp³-hybridized carbons (Fsp3) is 0.385. The average molecular weight is 256 g/mol. The van der Waals surface area contributed by atoms with Crippen LogP contribution in [0.25, 0.3) is 0 Å². The predicted molar refractivity (Wildman–Crippen MR) is 71.1 cm³/mol. The molecule has 1 atom stereocenters. The zero-order chi connectivity index (χ0) is 12.8. The molecule has 0 aliphatic heterocycles. The molecule has 0 aliphatic rings. The Morgan fingerprint density at radius 2 is 2.24 bits per heavy atom. The van der Waals surface area contributed by atoms with Crippen LogP contribution in [0.2, 0.25) is 5.02 Å². The van der Waals surface area contributed by atoms with Crippen molar-refractivity contribution < 1.29 is 9.47 Å². The van der Waals surface area contributed by atoms with Crippen molar-refractivity contribution in [2.45, 2.75) is 19.6 Å². The van der Waals surface area contributed by atoms with Crippen molar-refractivity contribution in [2.75, 3.05) is 14.2 Å². The number of halogens is 1. The molecule has 0 aliphatic carbocycles. The van der Waals surface area contributed by atoms with E-state index in [1.54, 1.807) is 19.3 Å². The molecule has 1 rings (SSSR count). The molecule has 1 unspecified atom stereocenters. The molecule has 0 bridgehead atoms. The molecule has 1 aromatic rings. The summed E-state index contributed by atoms with van der Waals surface area (Å²) in [7, 11) is 3.47. The van der Waals surface area contributed by atoms with Crippen molar-refractivity contribution in [3.05, 3.63) is 35.4 Å². The molecule has 0 saturated heterocycles. The van der Waals surface area contributed by atoms with E-state index in [4.69, 9.17) is 21.1 Å². The number of hydrogen-bond acceptors (Lipinski definition) is 3. The van der Waals surface area contributed by atoms with Gasteiger partial charge in [0, 0.05) is 23.2 Å². The van der Waals surface area contributed by atoms with E-state index in [1.807, 2.05) is 20.0 Å². The molecule has 94 valence electrons. The van der Waals surface area contributed by atoms with E-state index in [9.17, 15) is 0 Å². The van der Waals surface area contributed by atoms with Gasteiger partial charge in [-0.2, -0.15) is 0 Å². The van der Waals surface area contributed by atoms with Crippen LogP contribution in [-0.4, -0.2) is 20.3 Å². The SMILES string of the molecule is C=CC(C)Oc1c(CNC)cc(Cl)cc1OC. The Kier molecular flexibility index (Phi) is 5.32. The fourth-order valence-corrected chi connectivity index (χ4v) is 1.69. The van der Waals surface area contributed by atoms with Crippen LogP contribution in [0.5, 0.6) is 11.5 Å². The highest BCUT2D eigenvalue weighted by atomic mass is 35.5. The molecular weight excluding hydrogens is 238 g/mol. The highest BCUT2D eigenvalue weighted by Gasteiger charge is 2.14. The van der Waals surface area contributed by atoms with Gasteiger partial charge in [0.25, 0.3) is 0 Å². The molecule has 0 fully saturated rings. The normalized spacial score (nSPS) is 12.0. The van der Waals surface area contributed by atoms with Gasteiger partial charge in [-0.1, -0.05) is 24.3 Å². The summed E-state index contributed by atoms with van der Waals surface area (Å²) in [4.78, 5) is 0. The van der Waals surface area contributed by atoms with Crippen LogP contribution < -0.4 is 14.8 Å². The van der Waals surface area contributed by atoms with Crippen molar-refractivity contribution >= 4 is 11.6 Å². The first-order valence-electron chi connectivity index (χ1n) is 5.42. The van der Waals surface area contributed by atoms with Gasteiger partial charge in [0.05, 0.1) is 7.11 Å². The van der Waals surface area contributed by atoms with Gasteiger partial charge >= 0.3 is 0 Å². The first-order chi connectivity index (χ1) is 8.12. The van der Waals surface area contributed by atoms with E-state index in [0.717, 1.165) is 5.56 Å². The Morgan fingerprint density at radius 1 is 1.53 bits per heavy atom. The van der Waals surface area contributed by atoms with E-state index in [2.05, 4.69) is 11.9 Å². The monoisotopic (exact) mass is 255 g/mol. The first-order valence-corrected chi connectivity index (χ1v) is 5.80. The number of ether oxygens (including phenoxy) is 2. The molecule has 0 saturated carbocycles. The maximum absolute atomic E-state index is 6.02. The molecule has 0 heterocycles.